The number of aryl methyl sites for hydroxylation is 1. The third-order valence-electron chi connectivity index (χ3n) is 4.01. The van der Waals surface area contributed by atoms with Gasteiger partial charge >= 0.3 is 0 Å². The lowest BCUT2D eigenvalue weighted by molar-refractivity contribution is -0.123. The number of hydrogen-bond acceptors (Lipinski definition) is 4. The van der Waals surface area contributed by atoms with Crippen LogP contribution in [0.3, 0.4) is 0 Å². The number of hydrazone groups is 1. The lowest BCUT2D eigenvalue weighted by atomic mass is 10.2. The molecule has 5 heteroatoms. The van der Waals surface area contributed by atoms with Crippen LogP contribution in [0, 0.1) is 6.92 Å². The predicted octanol–water partition coefficient (Wildman–Crippen LogP) is 4.15. The molecule has 144 valence electrons. The molecule has 0 bridgehead atoms. The van der Waals surface area contributed by atoms with Crippen molar-refractivity contribution >= 4 is 17.8 Å². The summed E-state index contributed by atoms with van der Waals surface area (Å²) in [4.78, 5) is 14.2. The quantitative estimate of drug-likeness (QED) is 0.507. The fourth-order valence-electron chi connectivity index (χ4n) is 2.75. The number of carbonyl (C=O) groups is 1. The summed E-state index contributed by atoms with van der Waals surface area (Å²) >= 11 is 0. The van der Waals surface area contributed by atoms with E-state index in [2.05, 4.69) is 41.4 Å². The molecule has 0 aliphatic heterocycles. The summed E-state index contributed by atoms with van der Waals surface area (Å²) in [7, 11) is 0. The molecule has 5 nitrogen and oxygen atoms in total. The minimum atomic E-state index is -0.290. The minimum Gasteiger partial charge on any atom is -0.484 e. The normalized spacial score (nSPS) is 10.8. The average molecular weight is 367 g/mol. The molecule has 0 heterocycles. The zero-order valence-corrected chi connectivity index (χ0v) is 16.4. The van der Waals surface area contributed by atoms with Crippen molar-refractivity contribution in [1.29, 1.82) is 0 Å². The maximum absolute atomic E-state index is 11.8. The largest absolute Gasteiger partial charge is 0.484 e. The second-order valence-corrected chi connectivity index (χ2v) is 6.48. The van der Waals surface area contributed by atoms with Gasteiger partial charge in [0, 0.05) is 18.8 Å². The van der Waals surface area contributed by atoms with E-state index in [1.807, 2.05) is 43.3 Å². The van der Waals surface area contributed by atoms with E-state index in [-0.39, 0.29) is 12.5 Å². The topological polar surface area (TPSA) is 53.9 Å². The first-order chi connectivity index (χ1) is 13.1. The van der Waals surface area contributed by atoms with Crippen LogP contribution in [-0.4, -0.2) is 31.8 Å². The molecule has 2 rings (SSSR count). The zero-order valence-electron chi connectivity index (χ0n) is 16.4. The van der Waals surface area contributed by atoms with Crippen molar-refractivity contribution in [1.82, 2.24) is 5.43 Å². The third kappa shape index (κ3) is 7.13. The molecule has 2 aromatic carbocycles. The standard InChI is InChI=1S/C22H29N3O2/c1-4-13-25(14-5-2)20-11-9-19(10-12-20)16-23-24-22(26)17-27-21-8-6-7-18(3)15-21/h6-12,15-16H,4-5,13-14,17H2,1-3H3,(H,24,26)/b23-16+. The van der Waals surface area contributed by atoms with E-state index in [9.17, 15) is 4.79 Å². The summed E-state index contributed by atoms with van der Waals surface area (Å²) in [6.45, 7) is 8.40. The van der Waals surface area contributed by atoms with Gasteiger partial charge in [-0.05, 0) is 55.2 Å². The number of rotatable bonds is 10. The van der Waals surface area contributed by atoms with Gasteiger partial charge < -0.3 is 9.64 Å². The Hall–Kier alpha value is -2.82. The molecule has 0 aromatic heterocycles. The van der Waals surface area contributed by atoms with Crippen LogP contribution >= 0.6 is 0 Å². The SMILES string of the molecule is CCCN(CCC)c1ccc(/C=N/NC(=O)COc2cccc(C)c2)cc1. The van der Waals surface area contributed by atoms with Crippen LogP contribution in [-0.2, 0) is 4.79 Å². The second-order valence-electron chi connectivity index (χ2n) is 6.48. The number of nitrogens with one attached hydrogen (secondary N) is 1. The van der Waals surface area contributed by atoms with E-state index >= 15 is 0 Å². The van der Waals surface area contributed by atoms with Gasteiger partial charge in [-0.3, -0.25) is 4.79 Å². The van der Waals surface area contributed by atoms with E-state index in [0.717, 1.165) is 37.1 Å². The molecule has 1 amide bonds. The first-order valence-corrected chi connectivity index (χ1v) is 9.48. The third-order valence-corrected chi connectivity index (χ3v) is 4.01. The van der Waals surface area contributed by atoms with Crippen LogP contribution in [0.15, 0.2) is 53.6 Å². The molecule has 0 atom stereocenters. The van der Waals surface area contributed by atoms with Gasteiger partial charge in [-0.25, -0.2) is 5.43 Å². The second kappa shape index (κ2) is 11.0. The highest BCUT2D eigenvalue weighted by Crippen LogP contribution is 2.15. The average Bonchev–Trinajstić information content (AvgIpc) is 2.67. The van der Waals surface area contributed by atoms with Crippen LogP contribution in [0.5, 0.6) is 5.75 Å². The number of hydrogen-bond donors (Lipinski definition) is 1. The Balaban J connectivity index is 1.82. The van der Waals surface area contributed by atoms with Crippen LogP contribution in [0.4, 0.5) is 5.69 Å². The molecular formula is C22H29N3O2. The Labute approximate surface area is 162 Å². The summed E-state index contributed by atoms with van der Waals surface area (Å²) in [5, 5.41) is 4.00. The van der Waals surface area contributed by atoms with Crippen LogP contribution in [0.25, 0.3) is 0 Å². The van der Waals surface area contributed by atoms with Crippen molar-refractivity contribution in [2.75, 3.05) is 24.6 Å². The number of anilines is 1. The van der Waals surface area contributed by atoms with Crippen molar-refractivity contribution in [3.05, 3.63) is 59.7 Å². The van der Waals surface area contributed by atoms with Crippen LogP contribution in [0.2, 0.25) is 0 Å². The fraction of sp³-hybridized carbons (Fsp3) is 0.364. The molecule has 0 saturated carbocycles. The van der Waals surface area contributed by atoms with Crippen molar-refractivity contribution in [2.24, 2.45) is 5.10 Å². The van der Waals surface area contributed by atoms with Gasteiger partial charge in [0.1, 0.15) is 5.75 Å². The van der Waals surface area contributed by atoms with Gasteiger partial charge in [-0.15, -0.1) is 0 Å². The molecule has 0 aliphatic rings. The van der Waals surface area contributed by atoms with Crippen molar-refractivity contribution in [3.8, 4) is 5.75 Å². The Morgan fingerprint density at radius 1 is 1.11 bits per heavy atom. The highest BCUT2D eigenvalue weighted by atomic mass is 16.5. The summed E-state index contributed by atoms with van der Waals surface area (Å²) in [5.41, 5.74) is 5.73. The van der Waals surface area contributed by atoms with E-state index in [1.54, 1.807) is 6.21 Å². The summed E-state index contributed by atoms with van der Waals surface area (Å²) in [6, 6.07) is 15.8. The van der Waals surface area contributed by atoms with E-state index < -0.39 is 0 Å². The number of nitrogens with zero attached hydrogens (tertiary/aromatic N) is 2. The Morgan fingerprint density at radius 2 is 1.81 bits per heavy atom. The molecule has 0 spiro atoms. The first-order valence-electron chi connectivity index (χ1n) is 9.48. The van der Waals surface area contributed by atoms with Gasteiger partial charge in [-0.2, -0.15) is 5.10 Å². The van der Waals surface area contributed by atoms with Crippen LogP contribution in [0.1, 0.15) is 37.8 Å². The van der Waals surface area contributed by atoms with Gasteiger partial charge in [0.25, 0.3) is 5.91 Å². The maximum Gasteiger partial charge on any atom is 0.277 e. The monoisotopic (exact) mass is 367 g/mol. The number of benzene rings is 2. The number of carbonyl (C=O) groups excluding carboxylic acids is 1. The predicted molar refractivity (Wildman–Crippen MR) is 112 cm³/mol. The molecule has 0 fully saturated rings. The van der Waals surface area contributed by atoms with Crippen molar-refractivity contribution < 1.29 is 9.53 Å². The van der Waals surface area contributed by atoms with E-state index in [4.69, 9.17) is 4.74 Å². The van der Waals surface area contributed by atoms with Crippen LogP contribution < -0.4 is 15.1 Å². The Morgan fingerprint density at radius 3 is 2.44 bits per heavy atom. The lowest BCUT2D eigenvalue weighted by Gasteiger charge is -2.23. The number of ether oxygens (including phenoxy) is 1. The highest BCUT2D eigenvalue weighted by molar-refractivity contribution is 5.83. The number of amides is 1. The molecular weight excluding hydrogens is 338 g/mol. The molecule has 0 saturated heterocycles. The Bertz CT molecular complexity index is 735. The fourth-order valence-corrected chi connectivity index (χ4v) is 2.75. The molecule has 2 aromatic rings. The highest BCUT2D eigenvalue weighted by Gasteiger charge is 2.04. The van der Waals surface area contributed by atoms with Crippen molar-refractivity contribution in [2.45, 2.75) is 33.6 Å². The van der Waals surface area contributed by atoms with Gasteiger partial charge in [0.05, 0.1) is 6.21 Å². The zero-order chi connectivity index (χ0) is 19.5. The smallest absolute Gasteiger partial charge is 0.277 e. The lowest BCUT2D eigenvalue weighted by Crippen LogP contribution is -2.25. The molecule has 0 radical (unpaired) electrons. The summed E-state index contributed by atoms with van der Waals surface area (Å²) < 4.78 is 5.45. The molecule has 27 heavy (non-hydrogen) atoms. The summed E-state index contributed by atoms with van der Waals surface area (Å²) in [6.07, 6.45) is 3.89. The van der Waals surface area contributed by atoms with E-state index in [1.165, 1.54) is 5.69 Å². The van der Waals surface area contributed by atoms with Crippen molar-refractivity contribution in [3.63, 3.8) is 0 Å². The van der Waals surface area contributed by atoms with Gasteiger partial charge in [0.2, 0.25) is 0 Å². The maximum atomic E-state index is 11.8. The molecule has 0 unspecified atom stereocenters. The van der Waals surface area contributed by atoms with Gasteiger partial charge in [0.15, 0.2) is 6.61 Å². The summed E-state index contributed by atoms with van der Waals surface area (Å²) in [5.74, 6) is 0.384. The first kappa shape index (κ1) is 20.5. The Kier molecular flexibility index (Phi) is 8.36. The molecule has 0 aliphatic carbocycles. The van der Waals surface area contributed by atoms with E-state index in [0.29, 0.717) is 5.75 Å². The minimum absolute atomic E-state index is 0.0667. The molecule has 1 N–H and O–H groups in total. The van der Waals surface area contributed by atoms with Gasteiger partial charge in [-0.1, -0.05) is 38.1 Å².